The van der Waals surface area contributed by atoms with Gasteiger partial charge < -0.3 is 5.32 Å². The molecule has 2 rings (SSSR count). The Kier molecular flexibility index (Phi) is 4.15. The molecule has 0 amide bonds. The average Bonchev–Trinajstić information content (AvgIpc) is 2.91. The number of nitrogens with one attached hydrogen (secondary N) is 1. The Labute approximate surface area is 108 Å². The van der Waals surface area contributed by atoms with Gasteiger partial charge in [0.25, 0.3) is 0 Å². The summed E-state index contributed by atoms with van der Waals surface area (Å²) < 4.78 is 3.89. The molecular weight excluding hydrogens is 226 g/mol. The lowest BCUT2D eigenvalue weighted by molar-refractivity contribution is 0.582. The fourth-order valence-corrected chi connectivity index (χ4v) is 1.89. The first kappa shape index (κ1) is 12.8. The van der Waals surface area contributed by atoms with Crippen molar-refractivity contribution in [3.8, 4) is 0 Å². The standard InChI is InChI=1S/C13H21N5/c1-4-6-18-7-5-13(16-18)10-14-8-12-9-15-17(3)11(12)2/h5,7,9,14H,4,6,8,10H2,1-3H3. The fraction of sp³-hybridized carbons (Fsp3) is 0.538. The molecule has 2 aromatic rings. The maximum absolute atomic E-state index is 4.49. The highest BCUT2D eigenvalue weighted by atomic mass is 15.3. The first-order valence-corrected chi connectivity index (χ1v) is 6.41. The highest BCUT2D eigenvalue weighted by Crippen LogP contribution is 2.05. The molecule has 0 fully saturated rings. The van der Waals surface area contributed by atoms with E-state index in [0.717, 1.165) is 31.7 Å². The second-order valence-electron chi connectivity index (χ2n) is 4.55. The molecule has 0 atom stereocenters. The third-order valence-electron chi connectivity index (χ3n) is 3.11. The lowest BCUT2D eigenvalue weighted by Crippen LogP contribution is -2.14. The Morgan fingerprint density at radius 1 is 1.33 bits per heavy atom. The molecule has 0 saturated carbocycles. The van der Waals surface area contributed by atoms with Crippen LogP contribution in [0.5, 0.6) is 0 Å². The molecule has 0 spiro atoms. The van der Waals surface area contributed by atoms with Crippen LogP contribution in [0, 0.1) is 6.92 Å². The predicted octanol–water partition coefficient (Wildman–Crippen LogP) is 1.62. The van der Waals surface area contributed by atoms with Gasteiger partial charge in [0, 0.05) is 44.1 Å². The first-order valence-electron chi connectivity index (χ1n) is 6.41. The number of hydrogen-bond donors (Lipinski definition) is 1. The molecular formula is C13H21N5. The van der Waals surface area contributed by atoms with Crippen LogP contribution in [-0.2, 0) is 26.7 Å². The van der Waals surface area contributed by atoms with Crippen LogP contribution in [0.1, 0.15) is 30.3 Å². The molecule has 0 radical (unpaired) electrons. The van der Waals surface area contributed by atoms with Gasteiger partial charge in [0.2, 0.25) is 0 Å². The van der Waals surface area contributed by atoms with Crippen molar-refractivity contribution in [2.75, 3.05) is 0 Å². The van der Waals surface area contributed by atoms with Crippen molar-refractivity contribution in [2.24, 2.45) is 7.05 Å². The lowest BCUT2D eigenvalue weighted by atomic mass is 10.2. The molecule has 0 aliphatic heterocycles. The minimum absolute atomic E-state index is 0.797. The summed E-state index contributed by atoms with van der Waals surface area (Å²) in [4.78, 5) is 0. The largest absolute Gasteiger partial charge is 0.307 e. The highest BCUT2D eigenvalue weighted by Gasteiger charge is 2.03. The van der Waals surface area contributed by atoms with Gasteiger partial charge in [-0.15, -0.1) is 0 Å². The summed E-state index contributed by atoms with van der Waals surface area (Å²) in [5.74, 6) is 0. The Hall–Kier alpha value is -1.62. The molecule has 0 aliphatic carbocycles. The molecule has 0 aromatic carbocycles. The maximum atomic E-state index is 4.49. The quantitative estimate of drug-likeness (QED) is 0.844. The second-order valence-corrected chi connectivity index (χ2v) is 4.55. The molecule has 5 nitrogen and oxygen atoms in total. The van der Waals surface area contributed by atoms with Crippen molar-refractivity contribution >= 4 is 0 Å². The number of hydrogen-bond acceptors (Lipinski definition) is 3. The number of nitrogens with zero attached hydrogens (tertiary/aromatic N) is 4. The van der Waals surface area contributed by atoms with E-state index in [1.807, 2.05) is 28.8 Å². The van der Waals surface area contributed by atoms with Gasteiger partial charge in [-0.3, -0.25) is 9.36 Å². The van der Waals surface area contributed by atoms with Crippen molar-refractivity contribution in [1.29, 1.82) is 0 Å². The molecule has 0 unspecified atom stereocenters. The highest BCUT2D eigenvalue weighted by molar-refractivity contribution is 5.15. The minimum Gasteiger partial charge on any atom is -0.307 e. The Morgan fingerprint density at radius 3 is 2.83 bits per heavy atom. The molecule has 5 heteroatoms. The zero-order valence-corrected chi connectivity index (χ0v) is 11.3. The molecule has 0 aliphatic rings. The van der Waals surface area contributed by atoms with Crippen LogP contribution in [-0.4, -0.2) is 19.6 Å². The first-order chi connectivity index (χ1) is 8.70. The maximum Gasteiger partial charge on any atom is 0.0762 e. The van der Waals surface area contributed by atoms with E-state index in [-0.39, 0.29) is 0 Å². The molecule has 0 saturated heterocycles. The Bertz CT molecular complexity index is 497. The third-order valence-corrected chi connectivity index (χ3v) is 3.11. The van der Waals surface area contributed by atoms with E-state index in [0.29, 0.717) is 0 Å². The van der Waals surface area contributed by atoms with Gasteiger partial charge in [-0.25, -0.2) is 0 Å². The number of aryl methyl sites for hydroxylation is 2. The molecule has 98 valence electrons. The normalized spacial score (nSPS) is 11.1. The van der Waals surface area contributed by atoms with E-state index in [9.17, 15) is 0 Å². The minimum atomic E-state index is 0.797. The van der Waals surface area contributed by atoms with Crippen LogP contribution in [0.2, 0.25) is 0 Å². The van der Waals surface area contributed by atoms with Crippen molar-refractivity contribution in [1.82, 2.24) is 24.9 Å². The van der Waals surface area contributed by atoms with Gasteiger partial charge in [0.15, 0.2) is 0 Å². The number of aromatic nitrogens is 4. The van der Waals surface area contributed by atoms with E-state index in [1.54, 1.807) is 0 Å². The van der Waals surface area contributed by atoms with Crippen molar-refractivity contribution in [3.63, 3.8) is 0 Å². The lowest BCUT2D eigenvalue weighted by Gasteiger charge is -2.02. The van der Waals surface area contributed by atoms with E-state index in [1.165, 1.54) is 11.3 Å². The van der Waals surface area contributed by atoms with E-state index in [4.69, 9.17) is 0 Å². The van der Waals surface area contributed by atoms with Gasteiger partial charge in [0.05, 0.1) is 11.9 Å². The summed E-state index contributed by atoms with van der Waals surface area (Å²) in [6, 6.07) is 2.07. The van der Waals surface area contributed by atoms with Crippen LogP contribution < -0.4 is 5.32 Å². The summed E-state index contributed by atoms with van der Waals surface area (Å²) in [5, 5.41) is 12.1. The monoisotopic (exact) mass is 247 g/mol. The summed E-state index contributed by atoms with van der Waals surface area (Å²) in [7, 11) is 1.96. The smallest absolute Gasteiger partial charge is 0.0762 e. The molecule has 0 bridgehead atoms. The van der Waals surface area contributed by atoms with Crippen molar-refractivity contribution in [2.45, 2.75) is 39.9 Å². The van der Waals surface area contributed by atoms with Crippen LogP contribution in [0.4, 0.5) is 0 Å². The van der Waals surface area contributed by atoms with Gasteiger partial charge >= 0.3 is 0 Å². The van der Waals surface area contributed by atoms with Gasteiger partial charge in [0.1, 0.15) is 0 Å². The summed E-state index contributed by atoms with van der Waals surface area (Å²) >= 11 is 0. The summed E-state index contributed by atoms with van der Waals surface area (Å²) in [6.07, 6.45) is 5.07. The average molecular weight is 247 g/mol. The Balaban J connectivity index is 1.82. The molecule has 1 N–H and O–H groups in total. The van der Waals surface area contributed by atoms with Crippen LogP contribution in [0.15, 0.2) is 18.5 Å². The van der Waals surface area contributed by atoms with Crippen LogP contribution >= 0.6 is 0 Å². The van der Waals surface area contributed by atoms with Gasteiger partial charge in [-0.05, 0) is 19.4 Å². The number of rotatable bonds is 6. The summed E-state index contributed by atoms with van der Waals surface area (Å²) in [5.41, 5.74) is 3.54. The van der Waals surface area contributed by atoms with Crippen molar-refractivity contribution < 1.29 is 0 Å². The SMILES string of the molecule is CCCn1ccc(CNCc2cnn(C)c2C)n1. The van der Waals surface area contributed by atoms with E-state index >= 15 is 0 Å². The topological polar surface area (TPSA) is 47.7 Å². The summed E-state index contributed by atoms with van der Waals surface area (Å²) in [6.45, 7) is 6.86. The third kappa shape index (κ3) is 2.98. The molecule has 18 heavy (non-hydrogen) atoms. The molecule has 2 heterocycles. The van der Waals surface area contributed by atoms with Crippen molar-refractivity contribution in [3.05, 3.63) is 35.4 Å². The predicted molar refractivity (Wildman–Crippen MR) is 71.0 cm³/mol. The zero-order valence-electron chi connectivity index (χ0n) is 11.3. The van der Waals surface area contributed by atoms with E-state index < -0.39 is 0 Å². The van der Waals surface area contributed by atoms with Gasteiger partial charge in [-0.1, -0.05) is 6.92 Å². The van der Waals surface area contributed by atoms with Gasteiger partial charge in [-0.2, -0.15) is 10.2 Å². The molecule has 2 aromatic heterocycles. The Morgan fingerprint density at radius 2 is 2.17 bits per heavy atom. The zero-order chi connectivity index (χ0) is 13.0. The van der Waals surface area contributed by atoms with E-state index in [2.05, 4.69) is 35.4 Å². The van der Waals surface area contributed by atoms with Crippen LogP contribution in [0.25, 0.3) is 0 Å². The van der Waals surface area contributed by atoms with Crippen LogP contribution in [0.3, 0.4) is 0 Å². The second kappa shape index (κ2) is 5.82. The fourth-order valence-electron chi connectivity index (χ4n) is 1.89.